The topological polar surface area (TPSA) is 76.1 Å². The molecule has 0 radical (unpaired) electrons. The molecule has 1 rings (SSSR count). The van der Waals surface area contributed by atoms with Gasteiger partial charge in [-0.15, -0.1) is 0 Å². The minimum atomic E-state index is -0.653. The van der Waals surface area contributed by atoms with Crippen LogP contribution in [0, 0.1) is 0 Å². The number of hydrogen-bond acceptors (Lipinski definition) is 5. The molecule has 0 spiro atoms. The van der Waals surface area contributed by atoms with Crippen molar-refractivity contribution in [1.82, 2.24) is 4.90 Å². The summed E-state index contributed by atoms with van der Waals surface area (Å²) in [6.45, 7) is 5.56. The molecule has 1 fully saturated rings. The summed E-state index contributed by atoms with van der Waals surface area (Å²) in [6.07, 6.45) is -0.584. The summed E-state index contributed by atoms with van der Waals surface area (Å²) in [4.78, 5) is 24.9. The van der Waals surface area contributed by atoms with Crippen molar-refractivity contribution in [2.24, 2.45) is 0 Å². The summed E-state index contributed by atoms with van der Waals surface area (Å²) in [5, 5.41) is 9.59. The lowest BCUT2D eigenvalue weighted by Gasteiger charge is -2.35. The Morgan fingerprint density at radius 2 is 2.06 bits per heavy atom. The number of likely N-dealkylation sites (tertiary alicyclic amines) is 1. The highest BCUT2D eigenvalue weighted by Gasteiger charge is 2.37. The van der Waals surface area contributed by atoms with Crippen LogP contribution in [-0.2, 0) is 14.3 Å². The van der Waals surface area contributed by atoms with Crippen LogP contribution in [0.3, 0.4) is 0 Å². The lowest BCUT2D eigenvalue weighted by atomic mass is 10.0. The summed E-state index contributed by atoms with van der Waals surface area (Å²) < 4.78 is 10.00. The second-order valence-corrected chi connectivity index (χ2v) is 4.58. The maximum absolute atomic E-state index is 11.9. The van der Waals surface area contributed by atoms with Crippen LogP contribution >= 0.6 is 0 Å². The maximum Gasteiger partial charge on any atom is 0.410 e. The number of aliphatic hydroxyl groups is 1. The Morgan fingerprint density at radius 3 is 2.61 bits per heavy atom. The number of amides is 1. The molecule has 0 aromatic carbocycles. The van der Waals surface area contributed by atoms with Gasteiger partial charge >= 0.3 is 12.1 Å². The van der Waals surface area contributed by atoms with E-state index in [1.807, 2.05) is 0 Å². The first-order valence-electron chi connectivity index (χ1n) is 6.27. The normalized spacial score (nSPS) is 23.9. The second kappa shape index (κ2) is 6.58. The molecule has 1 aliphatic heterocycles. The number of rotatable bonds is 3. The van der Waals surface area contributed by atoms with Crippen LogP contribution in [0.15, 0.2) is 0 Å². The highest BCUT2D eigenvalue weighted by Crippen LogP contribution is 2.20. The van der Waals surface area contributed by atoms with Crippen LogP contribution in [0.1, 0.15) is 33.6 Å². The van der Waals surface area contributed by atoms with Gasteiger partial charge in [0.15, 0.2) is 0 Å². The quantitative estimate of drug-likeness (QED) is 0.763. The number of ether oxygens (including phenoxy) is 2. The predicted octanol–water partition coefficient (Wildman–Crippen LogP) is 0.920. The summed E-state index contributed by atoms with van der Waals surface area (Å²) in [5.41, 5.74) is 0. The zero-order valence-electron chi connectivity index (χ0n) is 11.1. The molecule has 6 nitrogen and oxygen atoms in total. The molecule has 18 heavy (non-hydrogen) atoms. The Balaban J connectivity index is 2.73. The summed E-state index contributed by atoms with van der Waals surface area (Å²) in [6, 6.07) is -0.653. The number of carbonyl (C=O) groups is 2. The van der Waals surface area contributed by atoms with E-state index in [2.05, 4.69) is 0 Å². The van der Waals surface area contributed by atoms with E-state index in [0.29, 0.717) is 12.8 Å². The van der Waals surface area contributed by atoms with E-state index in [4.69, 9.17) is 9.47 Å². The number of hydrogen-bond donors (Lipinski definition) is 1. The van der Waals surface area contributed by atoms with Gasteiger partial charge < -0.3 is 14.6 Å². The molecular formula is C12H21NO5. The van der Waals surface area contributed by atoms with Gasteiger partial charge in [-0.3, -0.25) is 4.90 Å². The van der Waals surface area contributed by atoms with Gasteiger partial charge in [0, 0.05) is 0 Å². The molecular weight excluding hydrogens is 238 g/mol. The first kappa shape index (κ1) is 14.8. The zero-order chi connectivity index (χ0) is 13.7. The van der Waals surface area contributed by atoms with Crippen molar-refractivity contribution in [1.29, 1.82) is 0 Å². The number of esters is 1. The monoisotopic (exact) mass is 259 g/mol. The second-order valence-electron chi connectivity index (χ2n) is 4.58. The smallest absolute Gasteiger partial charge is 0.410 e. The van der Waals surface area contributed by atoms with Gasteiger partial charge in [0.1, 0.15) is 6.04 Å². The number of nitrogens with zero attached hydrogens (tertiary/aromatic N) is 1. The van der Waals surface area contributed by atoms with Crippen LogP contribution in [-0.4, -0.2) is 53.5 Å². The molecule has 1 amide bonds. The number of piperidine rings is 1. The lowest BCUT2D eigenvalue weighted by Crippen LogP contribution is -2.53. The van der Waals surface area contributed by atoms with Gasteiger partial charge in [0.05, 0.1) is 25.4 Å². The Kier molecular flexibility index (Phi) is 5.40. The first-order chi connectivity index (χ1) is 8.45. The Morgan fingerprint density at radius 1 is 1.39 bits per heavy atom. The van der Waals surface area contributed by atoms with E-state index >= 15 is 0 Å². The summed E-state index contributed by atoms with van der Waals surface area (Å²) in [5.74, 6) is -0.440. The fourth-order valence-electron chi connectivity index (χ4n) is 1.91. The van der Waals surface area contributed by atoms with Crippen LogP contribution in [0.25, 0.3) is 0 Å². The standard InChI is InChI=1S/C12H21NO5/c1-4-17-11(15)10-6-5-9(14)7-13(10)12(16)18-8(2)3/h8-10,14H,4-7H2,1-3H3/t9-,10+/m1/s1. The Hall–Kier alpha value is -1.30. The van der Waals surface area contributed by atoms with Crippen LogP contribution in [0.4, 0.5) is 4.79 Å². The molecule has 1 aliphatic rings. The largest absolute Gasteiger partial charge is 0.464 e. The molecule has 0 aromatic rings. The summed E-state index contributed by atoms with van der Waals surface area (Å²) in [7, 11) is 0. The van der Waals surface area contributed by atoms with E-state index in [-0.39, 0.29) is 19.3 Å². The molecule has 0 unspecified atom stereocenters. The SMILES string of the molecule is CCOC(=O)[C@@H]1CC[C@@H](O)CN1C(=O)OC(C)C. The highest BCUT2D eigenvalue weighted by atomic mass is 16.6. The van der Waals surface area contributed by atoms with E-state index < -0.39 is 24.2 Å². The minimum Gasteiger partial charge on any atom is -0.464 e. The van der Waals surface area contributed by atoms with Gasteiger partial charge in [-0.05, 0) is 33.6 Å². The average Bonchev–Trinajstić information content (AvgIpc) is 2.28. The van der Waals surface area contributed by atoms with Crippen molar-refractivity contribution >= 4 is 12.1 Å². The Labute approximate surface area is 107 Å². The molecule has 1 heterocycles. The van der Waals surface area contributed by atoms with Gasteiger partial charge in [0.25, 0.3) is 0 Å². The van der Waals surface area contributed by atoms with Crippen molar-refractivity contribution in [2.75, 3.05) is 13.2 Å². The average molecular weight is 259 g/mol. The molecule has 0 saturated carbocycles. The van der Waals surface area contributed by atoms with Crippen molar-refractivity contribution < 1.29 is 24.2 Å². The fourth-order valence-corrected chi connectivity index (χ4v) is 1.91. The fraction of sp³-hybridized carbons (Fsp3) is 0.833. The Bertz CT molecular complexity index is 305. The molecule has 6 heteroatoms. The van der Waals surface area contributed by atoms with E-state index in [9.17, 15) is 14.7 Å². The van der Waals surface area contributed by atoms with Crippen molar-refractivity contribution in [3.63, 3.8) is 0 Å². The third-order valence-corrected chi connectivity index (χ3v) is 2.69. The number of β-amino-alcohol motifs (C(OH)–C–C–N with tert-alkyl or cyclic N) is 1. The molecule has 2 atom stereocenters. The number of aliphatic hydroxyl groups excluding tert-OH is 1. The van der Waals surface area contributed by atoms with Gasteiger partial charge in [-0.25, -0.2) is 9.59 Å². The predicted molar refractivity (Wildman–Crippen MR) is 64.0 cm³/mol. The first-order valence-corrected chi connectivity index (χ1v) is 6.27. The van der Waals surface area contributed by atoms with Gasteiger partial charge in [-0.1, -0.05) is 0 Å². The molecule has 104 valence electrons. The van der Waals surface area contributed by atoms with Crippen molar-refractivity contribution in [3.8, 4) is 0 Å². The number of carbonyl (C=O) groups excluding carboxylic acids is 2. The van der Waals surface area contributed by atoms with Crippen LogP contribution in [0.5, 0.6) is 0 Å². The highest BCUT2D eigenvalue weighted by molar-refractivity contribution is 5.81. The minimum absolute atomic E-state index is 0.106. The summed E-state index contributed by atoms with van der Waals surface area (Å²) >= 11 is 0. The van der Waals surface area contributed by atoms with Crippen LogP contribution in [0.2, 0.25) is 0 Å². The van der Waals surface area contributed by atoms with Crippen LogP contribution < -0.4 is 0 Å². The molecule has 1 saturated heterocycles. The third kappa shape index (κ3) is 3.87. The molecule has 1 N–H and O–H groups in total. The maximum atomic E-state index is 11.9. The molecule has 0 aliphatic carbocycles. The molecule has 0 aromatic heterocycles. The van der Waals surface area contributed by atoms with E-state index in [0.717, 1.165) is 0 Å². The van der Waals surface area contributed by atoms with E-state index in [1.165, 1.54) is 4.90 Å². The van der Waals surface area contributed by atoms with E-state index in [1.54, 1.807) is 20.8 Å². The lowest BCUT2D eigenvalue weighted by molar-refractivity contribution is -0.151. The zero-order valence-corrected chi connectivity index (χ0v) is 11.1. The van der Waals surface area contributed by atoms with Gasteiger partial charge in [0.2, 0.25) is 0 Å². The van der Waals surface area contributed by atoms with Crippen molar-refractivity contribution in [2.45, 2.75) is 51.9 Å². The molecule has 0 bridgehead atoms. The van der Waals surface area contributed by atoms with Gasteiger partial charge in [-0.2, -0.15) is 0 Å². The van der Waals surface area contributed by atoms with Crippen molar-refractivity contribution in [3.05, 3.63) is 0 Å². The third-order valence-electron chi connectivity index (χ3n) is 2.69.